The van der Waals surface area contributed by atoms with E-state index < -0.39 is 11.8 Å². The van der Waals surface area contributed by atoms with Crippen LogP contribution in [0, 0.1) is 12.7 Å². The molecule has 1 aromatic carbocycles. The van der Waals surface area contributed by atoms with Crippen molar-refractivity contribution >= 4 is 11.8 Å². The predicted molar refractivity (Wildman–Crippen MR) is 68.8 cm³/mol. The minimum absolute atomic E-state index is 0.236. The number of likely N-dealkylation sites (tertiary alicyclic amines) is 1. The van der Waals surface area contributed by atoms with Crippen molar-refractivity contribution < 1.29 is 14.0 Å². The first kappa shape index (κ1) is 13.5. The number of hydrogen-bond donors (Lipinski definition) is 1. The maximum Gasteiger partial charge on any atom is 0.311 e. The van der Waals surface area contributed by atoms with Gasteiger partial charge in [-0.15, -0.1) is 0 Å². The number of nitrogens with zero attached hydrogens (tertiary/aromatic N) is 1. The Morgan fingerprint density at radius 3 is 2.63 bits per heavy atom. The van der Waals surface area contributed by atoms with Crippen LogP contribution in [-0.4, -0.2) is 29.8 Å². The third kappa shape index (κ3) is 3.30. The number of nitrogens with one attached hydrogen (secondary N) is 1. The highest BCUT2D eigenvalue weighted by atomic mass is 19.1. The van der Waals surface area contributed by atoms with Crippen molar-refractivity contribution in [3.63, 3.8) is 0 Å². The number of hydrogen-bond acceptors (Lipinski definition) is 2. The second-order valence-electron chi connectivity index (χ2n) is 4.77. The second kappa shape index (κ2) is 5.82. The van der Waals surface area contributed by atoms with Crippen LogP contribution in [0.3, 0.4) is 0 Å². The SMILES string of the molecule is Cc1cc(CNC(=O)C(=O)N2CCCC2)ccc1F. The lowest BCUT2D eigenvalue weighted by Gasteiger charge is -2.14. The van der Waals surface area contributed by atoms with Gasteiger partial charge in [0.2, 0.25) is 0 Å². The van der Waals surface area contributed by atoms with E-state index in [2.05, 4.69) is 5.32 Å². The summed E-state index contributed by atoms with van der Waals surface area (Å²) in [7, 11) is 0. The summed E-state index contributed by atoms with van der Waals surface area (Å²) in [6.45, 7) is 3.21. The van der Waals surface area contributed by atoms with Crippen LogP contribution in [0.25, 0.3) is 0 Å². The van der Waals surface area contributed by atoms with Crippen LogP contribution in [0.2, 0.25) is 0 Å². The summed E-state index contributed by atoms with van der Waals surface area (Å²) >= 11 is 0. The van der Waals surface area contributed by atoms with Gasteiger partial charge in [0.25, 0.3) is 0 Å². The second-order valence-corrected chi connectivity index (χ2v) is 4.77. The molecule has 1 aliphatic rings. The number of rotatable bonds is 2. The summed E-state index contributed by atoms with van der Waals surface area (Å²) in [6.07, 6.45) is 1.91. The molecule has 0 spiro atoms. The maximum absolute atomic E-state index is 13.1. The Bertz CT molecular complexity index is 496. The summed E-state index contributed by atoms with van der Waals surface area (Å²) < 4.78 is 13.1. The van der Waals surface area contributed by atoms with Crippen molar-refractivity contribution in [3.05, 3.63) is 35.1 Å². The normalized spacial score (nSPS) is 14.5. The fourth-order valence-electron chi connectivity index (χ4n) is 2.14. The lowest BCUT2D eigenvalue weighted by atomic mass is 10.1. The first-order valence-electron chi connectivity index (χ1n) is 6.40. The van der Waals surface area contributed by atoms with Crippen molar-refractivity contribution in [2.24, 2.45) is 0 Å². The monoisotopic (exact) mass is 264 g/mol. The van der Waals surface area contributed by atoms with Crippen molar-refractivity contribution in [1.82, 2.24) is 10.2 Å². The standard InChI is InChI=1S/C14H17FN2O2/c1-10-8-11(4-5-12(10)15)9-16-13(18)14(19)17-6-2-3-7-17/h4-5,8H,2-3,6-7,9H2,1H3,(H,16,18). The molecule has 1 aromatic rings. The van der Waals surface area contributed by atoms with E-state index in [0.717, 1.165) is 18.4 Å². The number of carbonyl (C=O) groups is 2. The van der Waals surface area contributed by atoms with E-state index >= 15 is 0 Å². The molecule has 2 amide bonds. The highest BCUT2D eigenvalue weighted by Crippen LogP contribution is 2.10. The third-order valence-corrected chi connectivity index (χ3v) is 3.26. The van der Waals surface area contributed by atoms with Gasteiger partial charge in [-0.3, -0.25) is 9.59 Å². The Kier molecular flexibility index (Phi) is 4.14. The summed E-state index contributed by atoms with van der Waals surface area (Å²) in [4.78, 5) is 25.0. The van der Waals surface area contributed by atoms with Crippen LogP contribution >= 0.6 is 0 Å². The molecule has 2 rings (SSSR count). The summed E-state index contributed by atoms with van der Waals surface area (Å²) in [5.74, 6) is -1.34. The number of halogens is 1. The summed E-state index contributed by atoms with van der Waals surface area (Å²) in [5.41, 5.74) is 1.30. The molecule has 1 N–H and O–H groups in total. The molecule has 102 valence electrons. The van der Waals surface area contributed by atoms with E-state index in [-0.39, 0.29) is 12.4 Å². The fourth-order valence-corrected chi connectivity index (χ4v) is 2.14. The number of amides is 2. The Morgan fingerprint density at radius 1 is 1.32 bits per heavy atom. The summed E-state index contributed by atoms with van der Waals surface area (Å²) in [6, 6.07) is 4.62. The molecule has 1 saturated heterocycles. The van der Waals surface area contributed by atoms with Crippen molar-refractivity contribution in [1.29, 1.82) is 0 Å². The number of benzene rings is 1. The van der Waals surface area contributed by atoms with E-state index in [1.54, 1.807) is 24.0 Å². The first-order valence-corrected chi connectivity index (χ1v) is 6.40. The Morgan fingerprint density at radius 2 is 2.00 bits per heavy atom. The van der Waals surface area contributed by atoms with Gasteiger partial charge in [-0.25, -0.2) is 4.39 Å². The Hall–Kier alpha value is -1.91. The molecule has 0 unspecified atom stereocenters. The molecular weight excluding hydrogens is 247 g/mol. The van der Waals surface area contributed by atoms with Gasteiger partial charge < -0.3 is 10.2 Å². The van der Waals surface area contributed by atoms with Gasteiger partial charge in [-0.05, 0) is 37.0 Å². The molecule has 1 aliphatic heterocycles. The van der Waals surface area contributed by atoms with Gasteiger partial charge in [0.1, 0.15) is 5.82 Å². The molecule has 19 heavy (non-hydrogen) atoms. The molecule has 4 nitrogen and oxygen atoms in total. The van der Waals surface area contributed by atoms with E-state index in [1.807, 2.05) is 0 Å². The van der Waals surface area contributed by atoms with Gasteiger partial charge in [0, 0.05) is 19.6 Å². The van der Waals surface area contributed by atoms with Crippen LogP contribution < -0.4 is 5.32 Å². The van der Waals surface area contributed by atoms with Gasteiger partial charge in [-0.2, -0.15) is 0 Å². The van der Waals surface area contributed by atoms with E-state index in [4.69, 9.17) is 0 Å². The first-order chi connectivity index (χ1) is 9.08. The lowest BCUT2D eigenvalue weighted by molar-refractivity contribution is -0.145. The van der Waals surface area contributed by atoms with Gasteiger partial charge >= 0.3 is 11.8 Å². The minimum atomic E-state index is -0.594. The molecule has 0 radical (unpaired) electrons. The maximum atomic E-state index is 13.1. The van der Waals surface area contributed by atoms with Crippen LogP contribution in [0.4, 0.5) is 4.39 Å². The van der Waals surface area contributed by atoms with Crippen molar-refractivity contribution in [3.8, 4) is 0 Å². The topological polar surface area (TPSA) is 49.4 Å². The Balaban J connectivity index is 1.89. The molecule has 1 fully saturated rings. The zero-order chi connectivity index (χ0) is 13.8. The fraction of sp³-hybridized carbons (Fsp3) is 0.429. The third-order valence-electron chi connectivity index (χ3n) is 3.26. The van der Waals surface area contributed by atoms with Crippen molar-refractivity contribution in [2.45, 2.75) is 26.3 Å². The minimum Gasteiger partial charge on any atom is -0.344 e. The number of aryl methyl sites for hydroxylation is 1. The van der Waals surface area contributed by atoms with E-state index in [1.165, 1.54) is 6.07 Å². The predicted octanol–water partition coefficient (Wildman–Crippen LogP) is 1.37. The molecular formula is C14H17FN2O2. The molecule has 5 heteroatoms. The van der Waals surface area contributed by atoms with Gasteiger partial charge in [-0.1, -0.05) is 12.1 Å². The summed E-state index contributed by atoms with van der Waals surface area (Å²) in [5, 5.41) is 2.57. The molecule has 1 heterocycles. The van der Waals surface area contributed by atoms with Crippen LogP contribution in [0.15, 0.2) is 18.2 Å². The zero-order valence-electron chi connectivity index (χ0n) is 10.9. The Labute approximate surface area is 111 Å². The largest absolute Gasteiger partial charge is 0.344 e. The number of carbonyl (C=O) groups excluding carboxylic acids is 2. The molecule has 0 saturated carbocycles. The van der Waals surface area contributed by atoms with Crippen LogP contribution in [0.5, 0.6) is 0 Å². The highest BCUT2D eigenvalue weighted by molar-refractivity contribution is 6.35. The average Bonchev–Trinajstić information content (AvgIpc) is 2.93. The van der Waals surface area contributed by atoms with Gasteiger partial charge in [0.05, 0.1) is 0 Å². The van der Waals surface area contributed by atoms with Gasteiger partial charge in [0.15, 0.2) is 0 Å². The van der Waals surface area contributed by atoms with E-state index in [0.29, 0.717) is 18.7 Å². The molecule has 0 bridgehead atoms. The molecule has 0 atom stereocenters. The quantitative estimate of drug-likeness (QED) is 0.820. The van der Waals surface area contributed by atoms with Crippen LogP contribution in [0.1, 0.15) is 24.0 Å². The highest BCUT2D eigenvalue weighted by Gasteiger charge is 2.23. The molecule has 0 aromatic heterocycles. The zero-order valence-corrected chi connectivity index (χ0v) is 10.9. The van der Waals surface area contributed by atoms with Crippen LogP contribution in [-0.2, 0) is 16.1 Å². The average molecular weight is 264 g/mol. The molecule has 0 aliphatic carbocycles. The van der Waals surface area contributed by atoms with E-state index in [9.17, 15) is 14.0 Å². The smallest absolute Gasteiger partial charge is 0.311 e. The van der Waals surface area contributed by atoms with Crippen molar-refractivity contribution in [2.75, 3.05) is 13.1 Å². The lowest BCUT2D eigenvalue weighted by Crippen LogP contribution is -2.41.